The van der Waals surface area contributed by atoms with Crippen LogP contribution in [0.1, 0.15) is 0 Å². The second-order valence-corrected chi connectivity index (χ2v) is 6.44. The minimum Gasteiger partial charge on any atom is -0.506 e. The highest BCUT2D eigenvalue weighted by molar-refractivity contribution is 14.1. The first-order valence-electron chi connectivity index (χ1n) is 5.48. The summed E-state index contributed by atoms with van der Waals surface area (Å²) in [4.78, 5) is 15.6. The number of halogens is 2. The molecule has 2 aromatic heterocycles. The first-order chi connectivity index (χ1) is 9.56. The van der Waals surface area contributed by atoms with Gasteiger partial charge in [-0.1, -0.05) is 11.6 Å². The highest BCUT2D eigenvalue weighted by atomic mass is 127. The summed E-state index contributed by atoms with van der Waals surface area (Å²) in [7, 11) is 0. The minimum absolute atomic E-state index is 0.0598. The molecule has 8 heteroatoms. The number of rotatable bonds is 2. The zero-order chi connectivity index (χ0) is 14.3. The first kappa shape index (κ1) is 13.7. The fourth-order valence-electron chi connectivity index (χ4n) is 1.72. The van der Waals surface area contributed by atoms with E-state index in [0.717, 1.165) is 13.1 Å². The van der Waals surface area contributed by atoms with Crippen molar-refractivity contribution in [2.24, 2.45) is 0 Å². The average Bonchev–Trinajstić information content (AvgIpc) is 2.98. The zero-order valence-electron chi connectivity index (χ0n) is 9.80. The van der Waals surface area contributed by atoms with Gasteiger partial charge in [-0.2, -0.15) is 4.68 Å². The summed E-state index contributed by atoms with van der Waals surface area (Å²) in [5, 5.41) is 16.4. The number of thiophene rings is 1. The van der Waals surface area contributed by atoms with E-state index in [-0.39, 0.29) is 11.4 Å². The van der Waals surface area contributed by atoms with E-state index in [4.69, 9.17) is 11.6 Å². The minimum atomic E-state index is -0.429. The normalized spacial score (nSPS) is 10.9. The van der Waals surface area contributed by atoms with E-state index in [1.165, 1.54) is 23.5 Å². The van der Waals surface area contributed by atoms with Gasteiger partial charge in [-0.15, -0.1) is 16.4 Å². The fraction of sp³-hybridized carbons (Fsp3) is 0. The molecule has 1 aromatic carbocycles. The Hall–Kier alpha value is -1.32. The third-order valence-corrected chi connectivity index (χ3v) is 5.04. The largest absolute Gasteiger partial charge is 0.506 e. The number of H-pyrrole nitrogens is 1. The van der Waals surface area contributed by atoms with Gasteiger partial charge in [-0.05, 0) is 52.2 Å². The molecule has 5 nitrogen and oxygen atoms in total. The molecule has 0 aliphatic heterocycles. The Bertz CT molecular complexity index is 839. The Morgan fingerprint density at radius 3 is 2.90 bits per heavy atom. The number of nitrogens with one attached hydrogen (secondary N) is 1. The molecule has 20 heavy (non-hydrogen) atoms. The average molecular weight is 420 g/mol. The van der Waals surface area contributed by atoms with Crippen molar-refractivity contribution in [1.29, 1.82) is 0 Å². The van der Waals surface area contributed by atoms with Crippen molar-refractivity contribution in [2.45, 2.75) is 0 Å². The summed E-state index contributed by atoms with van der Waals surface area (Å²) in [5.74, 6) is 0.407. The number of aromatic amines is 1. The first-order valence-corrected chi connectivity index (χ1v) is 7.81. The second kappa shape index (κ2) is 5.23. The van der Waals surface area contributed by atoms with Crippen molar-refractivity contribution in [3.63, 3.8) is 0 Å². The van der Waals surface area contributed by atoms with Crippen LogP contribution >= 0.6 is 45.5 Å². The van der Waals surface area contributed by atoms with E-state index in [0.29, 0.717) is 10.8 Å². The summed E-state index contributed by atoms with van der Waals surface area (Å²) >= 11 is 9.55. The topological polar surface area (TPSA) is 70.9 Å². The van der Waals surface area contributed by atoms with Crippen molar-refractivity contribution >= 4 is 45.5 Å². The van der Waals surface area contributed by atoms with Crippen LogP contribution in [0.3, 0.4) is 0 Å². The van der Waals surface area contributed by atoms with Crippen molar-refractivity contribution in [3.8, 4) is 22.1 Å². The molecule has 0 bridgehead atoms. The van der Waals surface area contributed by atoms with Crippen LogP contribution in [0, 0.1) is 3.57 Å². The SMILES string of the molecule is O=c1[nH]c(-c2sccc2I)nn1-c1cc(Cl)ccc1O. The molecule has 0 amide bonds. The lowest BCUT2D eigenvalue weighted by atomic mass is 10.3. The van der Waals surface area contributed by atoms with Gasteiger partial charge in [-0.25, -0.2) is 4.79 Å². The molecule has 0 atom stereocenters. The molecule has 0 spiro atoms. The molecular formula is C12H7ClIN3O2S. The molecule has 0 aliphatic carbocycles. The molecule has 2 N–H and O–H groups in total. The summed E-state index contributed by atoms with van der Waals surface area (Å²) in [5.41, 5.74) is -0.182. The number of nitrogens with zero attached hydrogens (tertiary/aromatic N) is 2. The van der Waals surface area contributed by atoms with Crippen LogP contribution < -0.4 is 5.69 Å². The molecule has 0 aliphatic rings. The molecule has 3 rings (SSSR count). The number of benzene rings is 1. The zero-order valence-corrected chi connectivity index (χ0v) is 13.5. The van der Waals surface area contributed by atoms with Gasteiger partial charge in [0.15, 0.2) is 5.82 Å². The quantitative estimate of drug-likeness (QED) is 0.627. The van der Waals surface area contributed by atoms with Gasteiger partial charge >= 0.3 is 5.69 Å². The summed E-state index contributed by atoms with van der Waals surface area (Å²) in [6, 6.07) is 6.39. The lowest BCUT2D eigenvalue weighted by molar-refractivity contribution is 0.470. The molecule has 102 valence electrons. The maximum atomic E-state index is 12.0. The molecule has 0 fully saturated rings. The van der Waals surface area contributed by atoms with Crippen LogP contribution in [-0.2, 0) is 0 Å². The number of hydrogen-bond acceptors (Lipinski definition) is 4. The Balaban J connectivity index is 2.17. The van der Waals surface area contributed by atoms with E-state index in [9.17, 15) is 9.90 Å². The lowest BCUT2D eigenvalue weighted by Gasteiger charge is -2.02. The Kier molecular flexibility index (Phi) is 3.57. The van der Waals surface area contributed by atoms with E-state index in [2.05, 4.69) is 32.7 Å². The maximum Gasteiger partial charge on any atom is 0.348 e. The molecule has 0 saturated carbocycles. The molecule has 3 aromatic rings. The highest BCUT2D eigenvalue weighted by Gasteiger charge is 2.15. The van der Waals surface area contributed by atoms with Crippen molar-refractivity contribution < 1.29 is 5.11 Å². The third kappa shape index (κ3) is 2.36. The molecular weight excluding hydrogens is 413 g/mol. The fourth-order valence-corrected chi connectivity index (χ4v) is 3.67. The summed E-state index contributed by atoms with van der Waals surface area (Å²) < 4.78 is 2.11. The van der Waals surface area contributed by atoms with Gasteiger partial charge in [0.2, 0.25) is 0 Å². The molecule has 0 radical (unpaired) electrons. The van der Waals surface area contributed by atoms with Gasteiger partial charge in [0.1, 0.15) is 11.4 Å². The summed E-state index contributed by atoms with van der Waals surface area (Å²) in [6.45, 7) is 0. The predicted molar refractivity (Wildman–Crippen MR) is 86.9 cm³/mol. The number of aromatic hydroxyl groups is 1. The van der Waals surface area contributed by atoms with Gasteiger partial charge in [0.25, 0.3) is 0 Å². The highest BCUT2D eigenvalue weighted by Crippen LogP contribution is 2.28. The van der Waals surface area contributed by atoms with Crippen LogP contribution in [0.2, 0.25) is 5.02 Å². The van der Waals surface area contributed by atoms with Crippen LogP contribution in [0.15, 0.2) is 34.4 Å². The van der Waals surface area contributed by atoms with Crippen molar-refractivity contribution in [1.82, 2.24) is 14.8 Å². The van der Waals surface area contributed by atoms with E-state index >= 15 is 0 Å². The van der Waals surface area contributed by atoms with Crippen LogP contribution in [0.4, 0.5) is 0 Å². The molecule has 0 saturated heterocycles. The third-order valence-electron chi connectivity index (χ3n) is 2.62. The molecule has 0 unspecified atom stereocenters. The number of phenols is 1. The van der Waals surface area contributed by atoms with E-state index < -0.39 is 5.69 Å². The maximum absolute atomic E-state index is 12.0. The number of aromatic nitrogens is 3. The number of hydrogen-bond donors (Lipinski definition) is 2. The Morgan fingerprint density at radius 1 is 1.40 bits per heavy atom. The lowest BCUT2D eigenvalue weighted by Crippen LogP contribution is -2.16. The van der Waals surface area contributed by atoms with Gasteiger partial charge in [0.05, 0.1) is 4.88 Å². The standard InChI is InChI=1S/C12H7ClIN3O2S/c13-6-1-2-9(18)8(5-6)17-12(19)15-11(16-17)10-7(14)3-4-20-10/h1-5,18H,(H,15,16,19). The number of phenolic OH excluding ortho intramolecular Hbond substituents is 1. The van der Waals surface area contributed by atoms with E-state index in [1.54, 1.807) is 6.07 Å². The monoisotopic (exact) mass is 419 g/mol. The second-order valence-electron chi connectivity index (χ2n) is 3.92. The smallest absolute Gasteiger partial charge is 0.348 e. The van der Waals surface area contributed by atoms with Gasteiger partial charge in [-0.3, -0.25) is 4.98 Å². The molecule has 2 heterocycles. The van der Waals surface area contributed by atoms with Crippen LogP contribution in [-0.4, -0.2) is 19.9 Å². The van der Waals surface area contributed by atoms with Gasteiger partial charge in [0, 0.05) is 8.59 Å². The predicted octanol–water partition coefficient (Wildman–Crippen LogP) is 3.25. The van der Waals surface area contributed by atoms with Gasteiger partial charge < -0.3 is 5.11 Å². The Morgan fingerprint density at radius 2 is 2.20 bits per heavy atom. The van der Waals surface area contributed by atoms with Crippen molar-refractivity contribution in [2.75, 3.05) is 0 Å². The summed E-state index contributed by atoms with van der Waals surface area (Å²) in [6.07, 6.45) is 0. The van der Waals surface area contributed by atoms with Crippen LogP contribution in [0.25, 0.3) is 16.4 Å². The van der Waals surface area contributed by atoms with Crippen molar-refractivity contribution in [3.05, 3.63) is 48.7 Å². The van der Waals surface area contributed by atoms with Crippen LogP contribution in [0.5, 0.6) is 5.75 Å². The Labute approximate surface area is 136 Å². The van der Waals surface area contributed by atoms with E-state index in [1.807, 2.05) is 11.4 Å².